The number of thioether (sulfide) groups is 1. The number of methoxy groups -OCH3 is 2. The molecule has 0 aromatic heterocycles. The van der Waals surface area contributed by atoms with Crippen LogP contribution < -0.4 is 14.4 Å². The van der Waals surface area contributed by atoms with Crippen LogP contribution in [0.25, 0.3) is 6.08 Å². The molecule has 0 saturated carbocycles. The normalized spacial score (nSPS) is 15.2. The quantitative estimate of drug-likeness (QED) is 0.449. The topological polar surface area (TPSA) is 76.1 Å². The minimum absolute atomic E-state index is 0.0916. The number of carbonyl (C=O) groups is 2. The van der Waals surface area contributed by atoms with E-state index in [4.69, 9.17) is 21.7 Å². The molecule has 6 nitrogen and oxygen atoms in total. The third kappa shape index (κ3) is 3.74. The van der Waals surface area contributed by atoms with Crippen LogP contribution in [0.3, 0.4) is 0 Å². The van der Waals surface area contributed by atoms with Crippen molar-refractivity contribution < 1.29 is 24.2 Å². The van der Waals surface area contributed by atoms with Gasteiger partial charge in [0.05, 0.1) is 24.8 Å². The average Bonchev–Trinajstić information content (AvgIpc) is 2.96. The summed E-state index contributed by atoms with van der Waals surface area (Å²) in [6, 6.07) is 9.97. The standard InChI is InChI=1S/C20H17NO5S2/c1-11(22)13-5-4-6-14(10-13)21-19(24)17(28-20(21)27)9-12-7-15(25-2)18(23)16(8-12)26-3/h4-10,23H,1-3H3. The number of hydrogen-bond donors (Lipinski definition) is 1. The Balaban J connectivity index is 1.98. The first-order chi connectivity index (χ1) is 13.3. The lowest BCUT2D eigenvalue weighted by atomic mass is 10.1. The number of thiocarbonyl (C=S) groups is 1. The second-order valence-electron chi connectivity index (χ2n) is 5.90. The first-order valence-electron chi connectivity index (χ1n) is 8.19. The molecule has 0 bridgehead atoms. The maximum Gasteiger partial charge on any atom is 0.270 e. The van der Waals surface area contributed by atoms with E-state index >= 15 is 0 Å². The largest absolute Gasteiger partial charge is 0.502 e. The summed E-state index contributed by atoms with van der Waals surface area (Å²) in [5.74, 6) is -0.0333. The van der Waals surface area contributed by atoms with Gasteiger partial charge in [-0.2, -0.15) is 0 Å². The van der Waals surface area contributed by atoms with E-state index in [9.17, 15) is 14.7 Å². The number of Topliss-reactive ketones (excluding diaryl/α,β-unsaturated/α-hetero) is 1. The zero-order valence-corrected chi connectivity index (χ0v) is 17.0. The van der Waals surface area contributed by atoms with Gasteiger partial charge in [-0.3, -0.25) is 14.5 Å². The summed E-state index contributed by atoms with van der Waals surface area (Å²) in [5.41, 5.74) is 1.66. The molecular formula is C20H17NO5S2. The Hall–Kier alpha value is -2.84. The lowest BCUT2D eigenvalue weighted by molar-refractivity contribution is -0.113. The molecule has 28 heavy (non-hydrogen) atoms. The van der Waals surface area contributed by atoms with Crippen LogP contribution in [-0.4, -0.2) is 35.3 Å². The highest BCUT2D eigenvalue weighted by Gasteiger charge is 2.33. The molecule has 2 aromatic carbocycles. The minimum Gasteiger partial charge on any atom is -0.502 e. The van der Waals surface area contributed by atoms with Crippen molar-refractivity contribution in [2.45, 2.75) is 6.92 Å². The fourth-order valence-electron chi connectivity index (χ4n) is 2.70. The van der Waals surface area contributed by atoms with E-state index < -0.39 is 0 Å². The van der Waals surface area contributed by atoms with Crippen molar-refractivity contribution in [1.29, 1.82) is 0 Å². The van der Waals surface area contributed by atoms with Gasteiger partial charge in [0.25, 0.3) is 5.91 Å². The highest BCUT2D eigenvalue weighted by atomic mass is 32.2. The zero-order chi connectivity index (χ0) is 20.4. The Morgan fingerprint density at radius 1 is 1.18 bits per heavy atom. The van der Waals surface area contributed by atoms with Crippen LogP contribution in [0.2, 0.25) is 0 Å². The number of amides is 1. The number of phenolic OH excluding ortho intramolecular Hbond substituents is 1. The van der Waals surface area contributed by atoms with Crippen molar-refractivity contribution >= 4 is 51.8 Å². The summed E-state index contributed by atoms with van der Waals surface area (Å²) in [6.45, 7) is 1.47. The van der Waals surface area contributed by atoms with Gasteiger partial charge in [0.1, 0.15) is 0 Å². The Morgan fingerprint density at radius 3 is 2.39 bits per heavy atom. The molecule has 8 heteroatoms. The van der Waals surface area contributed by atoms with Gasteiger partial charge in [-0.05, 0) is 42.8 Å². The predicted molar refractivity (Wildman–Crippen MR) is 113 cm³/mol. The van der Waals surface area contributed by atoms with Crippen LogP contribution in [0, 0.1) is 0 Å². The third-order valence-electron chi connectivity index (χ3n) is 4.10. The minimum atomic E-state index is -0.290. The summed E-state index contributed by atoms with van der Waals surface area (Å²) < 4.78 is 10.7. The smallest absolute Gasteiger partial charge is 0.270 e. The number of phenols is 1. The Labute approximate surface area is 171 Å². The summed E-state index contributed by atoms with van der Waals surface area (Å²) in [5, 5.41) is 10.0. The first-order valence-corrected chi connectivity index (χ1v) is 9.42. The van der Waals surface area contributed by atoms with Crippen LogP contribution in [0.15, 0.2) is 41.3 Å². The molecule has 0 spiro atoms. The number of benzene rings is 2. The van der Waals surface area contributed by atoms with Crippen molar-refractivity contribution in [3.05, 3.63) is 52.4 Å². The van der Waals surface area contributed by atoms with E-state index in [1.165, 1.54) is 26.0 Å². The van der Waals surface area contributed by atoms with E-state index in [1.807, 2.05) is 0 Å². The fraction of sp³-hybridized carbons (Fsp3) is 0.150. The van der Waals surface area contributed by atoms with Crippen molar-refractivity contribution in [2.24, 2.45) is 0 Å². The molecule has 0 atom stereocenters. The van der Waals surface area contributed by atoms with Crippen LogP contribution >= 0.6 is 24.0 Å². The second-order valence-corrected chi connectivity index (χ2v) is 7.57. The highest BCUT2D eigenvalue weighted by molar-refractivity contribution is 8.27. The molecule has 3 rings (SSSR count). The van der Waals surface area contributed by atoms with E-state index in [-0.39, 0.29) is 28.9 Å². The molecular weight excluding hydrogens is 398 g/mol. The number of rotatable bonds is 5. The van der Waals surface area contributed by atoms with Gasteiger partial charge in [-0.25, -0.2) is 0 Å². The molecule has 0 unspecified atom stereocenters. The average molecular weight is 415 g/mol. The van der Waals surface area contributed by atoms with Crippen LogP contribution in [0.5, 0.6) is 17.2 Å². The third-order valence-corrected chi connectivity index (χ3v) is 5.41. The molecule has 1 heterocycles. The van der Waals surface area contributed by atoms with Gasteiger partial charge in [0, 0.05) is 5.56 Å². The predicted octanol–water partition coefficient (Wildman–Crippen LogP) is 4.02. The van der Waals surface area contributed by atoms with Gasteiger partial charge in [0.2, 0.25) is 5.75 Å². The van der Waals surface area contributed by atoms with Crippen LogP contribution in [-0.2, 0) is 4.79 Å². The lowest BCUT2D eigenvalue weighted by Crippen LogP contribution is -2.27. The van der Waals surface area contributed by atoms with E-state index in [0.717, 1.165) is 11.8 Å². The number of nitrogens with zero attached hydrogens (tertiary/aromatic N) is 1. The Bertz CT molecular complexity index is 990. The maximum absolute atomic E-state index is 12.9. The number of anilines is 1. The van der Waals surface area contributed by atoms with Gasteiger partial charge in [0.15, 0.2) is 21.6 Å². The zero-order valence-electron chi connectivity index (χ0n) is 15.4. The molecule has 2 aromatic rings. The summed E-state index contributed by atoms with van der Waals surface area (Å²) in [7, 11) is 2.86. The Kier molecular flexibility index (Phi) is 5.71. The monoisotopic (exact) mass is 415 g/mol. The number of ether oxygens (including phenoxy) is 2. The van der Waals surface area contributed by atoms with Crippen molar-refractivity contribution in [3.63, 3.8) is 0 Å². The second kappa shape index (κ2) is 8.04. The molecule has 1 fully saturated rings. The number of carbonyl (C=O) groups excluding carboxylic acids is 2. The highest BCUT2D eigenvalue weighted by Crippen LogP contribution is 2.40. The van der Waals surface area contributed by atoms with E-state index in [2.05, 4.69) is 0 Å². The Morgan fingerprint density at radius 2 is 1.82 bits per heavy atom. The fourth-order valence-corrected chi connectivity index (χ4v) is 4.00. The molecule has 0 aliphatic carbocycles. The molecule has 1 aliphatic rings. The lowest BCUT2D eigenvalue weighted by Gasteiger charge is -2.15. The maximum atomic E-state index is 12.9. The van der Waals surface area contributed by atoms with Gasteiger partial charge < -0.3 is 14.6 Å². The summed E-state index contributed by atoms with van der Waals surface area (Å²) >= 11 is 6.53. The van der Waals surface area contributed by atoms with E-state index in [0.29, 0.717) is 26.0 Å². The number of aromatic hydroxyl groups is 1. The SMILES string of the molecule is COc1cc(C=C2SC(=S)N(c3cccc(C(C)=O)c3)C2=O)cc(OC)c1O. The number of ketones is 1. The molecule has 1 saturated heterocycles. The summed E-state index contributed by atoms with van der Waals surface area (Å²) in [4.78, 5) is 26.4. The van der Waals surface area contributed by atoms with Gasteiger partial charge in [-0.1, -0.05) is 36.1 Å². The van der Waals surface area contributed by atoms with Crippen LogP contribution in [0.4, 0.5) is 5.69 Å². The van der Waals surface area contributed by atoms with Crippen molar-refractivity contribution in [1.82, 2.24) is 0 Å². The van der Waals surface area contributed by atoms with E-state index in [1.54, 1.807) is 42.5 Å². The summed E-state index contributed by atoms with van der Waals surface area (Å²) in [6.07, 6.45) is 1.65. The molecule has 0 radical (unpaired) electrons. The van der Waals surface area contributed by atoms with Crippen LogP contribution in [0.1, 0.15) is 22.8 Å². The molecule has 1 amide bonds. The van der Waals surface area contributed by atoms with Crippen molar-refractivity contribution in [3.8, 4) is 17.2 Å². The van der Waals surface area contributed by atoms with Crippen molar-refractivity contribution in [2.75, 3.05) is 19.1 Å². The molecule has 1 aliphatic heterocycles. The van der Waals surface area contributed by atoms with Gasteiger partial charge in [-0.15, -0.1) is 0 Å². The molecule has 1 N–H and O–H groups in total. The molecule has 144 valence electrons. The van der Waals surface area contributed by atoms with Gasteiger partial charge >= 0.3 is 0 Å². The number of hydrogen-bond acceptors (Lipinski definition) is 7. The first kappa shape index (κ1) is 19.9.